The van der Waals surface area contributed by atoms with E-state index >= 15 is 0 Å². The summed E-state index contributed by atoms with van der Waals surface area (Å²) in [4.78, 5) is 37.1. The summed E-state index contributed by atoms with van der Waals surface area (Å²) < 4.78 is 15.7. The molecule has 8 nitrogen and oxygen atoms in total. The first-order valence-corrected chi connectivity index (χ1v) is 7.22. The first-order valence-electron chi connectivity index (χ1n) is 7.22. The van der Waals surface area contributed by atoms with Gasteiger partial charge in [0.25, 0.3) is 0 Å². The van der Waals surface area contributed by atoms with E-state index in [0.29, 0.717) is 24.0 Å². The maximum absolute atomic E-state index is 12.0. The molecule has 0 saturated carbocycles. The lowest BCUT2D eigenvalue weighted by atomic mass is 10.3. The molecule has 0 aliphatic heterocycles. The minimum absolute atomic E-state index is 0.218. The van der Waals surface area contributed by atoms with Gasteiger partial charge >= 0.3 is 17.3 Å². The van der Waals surface area contributed by atoms with Crippen LogP contribution in [0.5, 0.6) is 0 Å². The fourth-order valence-electron chi connectivity index (χ4n) is 2.08. The minimum atomic E-state index is -0.788. The summed E-state index contributed by atoms with van der Waals surface area (Å²) in [6, 6.07) is 7.07. The van der Waals surface area contributed by atoms with Crippen LogP contribution in [0.3, 0.4) is 0 Å². The van der Waals surface area contributed by atoms with E-state index in [-0.39, 0.29) is 20.0 Å². The number of H-pyrrole nitrogens is 1. The van der Waals surface area contributed by atoms with Crippen LogP contribution in [0.1, 0.15) is 13.3 Å². The number of hydrogen-bond donors (Lipinski definition) is 1. The number of fused-ring (bicyclic) bond motifs is 1. The van der Waals surface area contributed by atoms with E-state index in [2.05, 4.69) is 14.5 Å². The molecule has 0 aliphatic rings. The molecule has 0 amide bonds. The van der Waals surface area contributed by atoms with Crippen LogP contribution in [-0.4, -0.2) is 35.7 Å². The first-order chi connectivity index (χ1) is 11.1. The smallest absolute Gasteiger partial charge is 0.435 e. The summed E-state index contributed by atoms with van der Waals surface area (Å²) in [7, 11) is 0. The fraction of sp³-hybridized carbons (Fsp3) is 0.400. The van der Waals surface area contributed by atoms with E-state index in [9.17, 15) is 14.4 Å². The molecule has 0 saturated heterocycles. The Morgan fingerprint density at radius 1 is 1.22 bits per heavy atom. The van der Waals surface area contributed by atoms with Crippen LogP contribution in [0.25, 0.3) is 11.0 Å². The molecule has 0 radical (unpaired) electrons. The summed E-state index contributed by atoms with van der Waals surface area (Å²) in [6.07, 6.45) is -0.302. The second-order valence-electron chi connectivity index (χ2n) is 4.64. The largest absolute Gasteiger partial charge is 0.510 e. The van der Waals surface area contributed by atoms with E-state index in [1.807, 2.05) is 0 Å². The van der Waals surface area contributed by atoms with Gasteiger partial charge in [0.1, 0.15) is 0 Å². The number of nitrogens with one attached hydrogen (secondary N) is 1. The molecule has 23 heavy (non-hydrogen) atoms. The number of nitrogens with zero attached hydrogens (tertiary/aromatic N) is 1. The molecule has 0 aliphatic carbocycles. The molecule has 0 spiro atoms. The number of aromatic nitrogens is 2. The molecular weight excluding hydrogens is 304 g/mol. The van der Waals surface area contributed by atoms with Crippen molar-refractivity contribution in [2.45, 2.75) is 19.9 Å². The minimum Gasteiger partial charge on any atom is -0.435 e. The summed E-state index contributed by atoms with van der Waals surface area (Å²) >= 11 is 0. The van der Waals surface area contributed by atoms with Crippen molar-refractivity contribution in [3.05, 3.63) is 45.0 Å². The van der Waals surface area contributed by atoms with E-state index in [4.69, 9.17) is 4.74 Å². The van der Waals surface area contributed by atoms with Gasteiger partial charge in [-0.05, 0) is 25.5 Å². The van der Waals surface area contributed by atoms with Crippen LogP contribution in [0.4, 0.5) is 4.79 Å². The van der Waals surface area contributed by atoms with Gasteiger partial charge in [-0.25, -0.2) is 4.79 Å². The normalized spacial score (nSPS) is 10.7. The Labute approximate surface area is 131 Å². The zero-order valence-electron chi connectivity index (χ0n) is 12.7. The molecule has 1 heterocycles. The van der Waals surface area contributed by atoms with Crippen molar-refractivity contribution < 1.29 is 19.0 Å². The maximum Gasteiger partial charge on any atom is 0.510 e. The average Bonchev–Trinajstić information content (AvgIpc) is 2.54. The lowest BCUT2D eigenvalue weighted by molar-refractivity contribution is -0.0446. The Hall–Kier alpha value is -2.61. The first kappa shape index (κ1) is 16.8. The molecule has 124 valence electrons. The highest BCUT2D eigenvalue weighted by Crippen LogP contribution is 2.07. The highest BCUT2D eigenvalue weighted by molar-refractivity contribution is 5.74. The zero-order valence-corrected chi connectivity index (χ0v) is 12.7. The standard InChI is InChI=1S/C15H18N2O6/c1-2-22-15(20)23-10-21-9-5-8-17-12-7-4-3-6-11(12)16-13(18)14(17)19/h3-4,6-7H,2,5,8-10H2,1H3,(H,16,18). The number of hydrogen-bond acceptors (Lipinski definition) is 6. The van der Waals surface area contributed by atoms with E-state index < -0.39 is 17.3 Å². The van der Waals surface area contributed by atoms with Gasteiger partial charge in [-0.1, -0.05) is 12.1 Å². The second kappa shape index (κ2) is 8.14. The third kappa shape index (κ3) is 4.43. The molecule has 2 aromatic rings. The third-order valence-electron chi connectivity index (χ3n) is 3.08. The van der Waals surface area contributed by atoms with Gasteiger partial charge in [-0.15, -0.1) is 0 Å². The third-order valence-corrected chi connectivity index (χ3v) is 3.08. The van der Waals surface area contributed by atoms with Crippen LogP contribution in [0, 0.1) is 0 Å². The molecule has 0 atom stereocenters. The van der Waals surface area contributed by atoms with Crippen molar-refractivity contribution in [1.82, 2.24) is 9.55 Å². The predicted octanol–water partition coefficient (Wildman–Crippen LogP) is 1.23. The Bertz CT molecular complexity index is 779. The average molecular weight is 322 g/mol. The number of benzene rings is 1. The van der Waals surface area contributed by atoms with Crippen molar-refractivity contribution in [3.63, 3.8) is 0 Å². The second-order valence-corrected chi connectivity index (χ2v) is 4.64. The molecule has 2 rings (SSSR count). The van der Waals surface area contributed by atoms with Gasteiger partial charge in [-0.2, -0.15) is 0 Å². The molecule has 1 N–H and O–H groups in total. The summed E-state index contributed by atoms with van der Waals surface area (Å²) in [5.41, 5.74) is -0.00901. The Balaban J connectivity index is 1.90. The summed E-state index contributed by atoms with van der Waals surface area (Å²) in [5, 5.41) is 0. The van der Waals surface area contributed by atoms with E-state index in [1.54, 1.807) is 31.2 Å². The van der Waals surface area contributed by atoms with E-state index in [1.165, 1.54) is 4.57 Å². The lowest BCUT2D eigenvalue weighted by Crippen LogP contribution is -2.36. The van der Waals surface area contributed by atoms with Gasteiger partial charge in [0.15, 0.2) is 6.79 Å². The topological polar surface area (TPSA) is 99.6 Å². The number of aromatic amines is 1. The van der Waals surface area contributed by atoms with Crippen LogP contribution >= 0.6 is 0 Å². The van der Waals surface area contributed by atoms with Gasteiger partial charge in [0.2, 0.25) is 0 Å². The number of aryl methyl sites for hydroxylation is 1. The van der Waals surface area contributed by atoms with Gasteiger partial charge in [-0.3, -0.25) is 9.59 Å². The van der Waals surface area contributed by atoms with Crippen molar-refractivity contribution in [2.24, 2.45) is 0 Å². The van der Waals surface area contributed by atoms with Gasteiger partial charge < -0.3 is 23.8 Å². The molecule has 0 fully saturated rings. The highest BCUT2D eigenvalue weighted by Gasteiger charge is 2.07. The number of carbonyl (C=O) groups is 1. The highest BCUT2D eigenvalue weighted by atomic mass is 16.8. The van der Waals surface area contributed by atoms with Crippen LogP contribution in [0.2, 0.25) is 0 Å². The maximum atomic E-state index is 12.0. The van der Waals surface area contributed by atoms with Gasteiger partial charge in [0, 0.05) is 6.54 Å². The quantitative estimate of drug-likeness (QED) is 0.356. The zero-order chi connectivity index (χ0) is 16.7. The monoisotopic (exact) mass is 322 g/mol. The van der Waals surface area contributed by atoms with Crippen LogP contribution in [-0.2, 0) is 20.8 Å². The molecule has 1 aromatic carbocycles. The van der Waals surface area contributed by atoms with Gasteiger partial charge in [0.05, 0.1) is 24.2 Å². The van der Waals surface area contributed by atoms with Crippen LogP contribution in [0.15, 0.2) is 33.9 Å². The van der Waals surface area contributed by atoms with Crippen molar-refractivity contribution >= 4 is 17.2 Å². The molecule has 0 unspecified atom stereocenters. The van der Waals surface area contributed by atoms with E-state index in [0.717, 1.165) is 0 Å². The van der Waals surface area contributed by atoms with Crippen molar-refractivity contribution in [2.75, 3.05) is 20.0 Å². The number of rotatable bonds is 7. The molecule has 0 bridgehead atoms. The molecule has 8 heteroatoms. The summed E-state index contributed by atoms with van der Waals surface area (Å²) in [5.74, 6) is 0. The fourth-order valence-corrected chi connectivity index (χ4v) is 2.08. The Morgan fingerprint density at radius 2 is 2.00 bits per heavy atom. The number of para-hydroxylation sites is 2. The molecule has 1 aromatic heterocycles. The molecular formula is C15H18N2O6. The van der Waals surface area contributed by atoms with Crippen molar-refractivity contribution in [3.8, 4) is 0 Å². The Morgan fingerprint density at radius 3 is 2.78 bits per heavy atom. The Kier molecular flexibility index (Phi) is 5.93. The number of ether oxygens (including phenoxy) is 3. The summed E-state index contributed by atoms with van der Waals surface area (Å²) in [6.45, 7) is 2.28. The SMILES string of the molecule is CCOC(=O)OCOCCCn1c(=O)c(=O)[nH]c2ccccc21. The lowest BCUT2D eigenvalue weighted by Gasteiger charge is -2.10. The van der Waals surface area contributed by atoms with Crippen molar-refractivity contribution in [1.29, 1.82) is 0 Å². The predicted molar refractivity (Wildman–Crippen MR) is 82.4 cm³/mol. The number of carbonyl (C=O) groups excluding carboxylic acids is 1. The van der Waals surface area contributed by atoms with Crippen LogP contribution < -0.4 is 11.1 Å².